The zero-order valence-electron chi connectivity index (χ0n) is 15.0. The van der Waals surface area contributed by atoms with Gasteiger partial charge in [-0.1, -0.05) is 19.1 Å². The second kappa shape index (κ2) is 9.77. The maximum atomic E-state index is 11.1. The number of aliphatic hydroxyl groups is 4. The van der Waals surface area contributed by atoms with Crippen LogP contribution in [-0.4, -0.2) is 74.9 Å². The average Bonchev–Trinajstić information content (AvgIpc) is 2.96. The summed E-state index contributed by atoms with van der Waals surface area (Å²) in [6, 6.07) is 0. The summed E-state index contributed by atoms with van der Waals surface area (Å²) in [6.45, 7) is 1.50. The van der Waals surface area contributed by atoms with E-state index in [1.165, 1.54) is 0 Å². The molecule has 0 bridgehead atoms. The van der Waals surface area contributed by atoms with Crippen LogP contribution in [-0.2, 0) is 14.3 Å². The van der Waals surface area contributed by atoms with Gasteiger partial charge in [0.05, 0.1) is 12.7 Å². The van der Waals surface area contributed by atoms with Crippen molar-refractivity contribution in [2.45, 2.75) is 75.8 Å². The van der Waals surface area contributed by atoms with Gasteiger partial charge in [0.25, 0.3) is 0 Å². The number of aliphatic hydroxyl groups excluding tert-OH is 4. The van der Waals surface area contributed by atoms with Crippen molar-refractivity contribution in [3.8, 4) is 0 Å². The third-order valence-electron chi connectivity index (χ3n) is 5.31. The lowest BCUT2D eigenvalue weighted by atomic mass is 9.88. The van der Waals surface area contributed by atoms with E-state index >= 15 is 0 Å². The molecule has 2 rings (SSSR count). The zero-order valence-corrected chi connectivity index (χ0v) is 15.0. The molecule has 0 radical (unpaired) electrons. The van der Waals surface area contributed by atoms with Crippen LogP contribution >= 0.6 is 0 Å². The van der Waals surface area contributed by atoms with Gasteiger partial charge in [-0.15, -0.1) is 0 Å². The lowest BCUT2D eigenvalue weighted by Crippen LogP contribution is -2.59. The van der Waals surface area contributed by atoms with E-state index in [0.29, 0.717) is 19.3 Å². The number of ether oxygens (including phenoxy) is 2. The van der Waals surface area contributed by atoms with Gasteiger partial charge in [-0.05, 0) is 37.5 Å². The molecule has 150 valence electrons. The Hall–Kier alpha value is -1.03. The largest absolute Gasteiger partial charge is 0.481 e. The maximum Gasteiger partial charge on any atom is 0.303 e. The molecule has 1 saturated heterocycles. The number of rotatable bonds is 8. The van der Waals surface area contributed by atoms with Crippen molar-refractivity contribution in [2.24, 2.45) is 11.8 Å². The Bertz CT molecular complexity index is 480. The molecule has 0 spiro atoms. The molecule has 8 nitrogen and oxygen atoms in total. The van der Waals surface area contributed by atoms with Gasteiger partial charge in [-0.2, -0.15) is 0 Å². The predicted molar refractivity (Wildman–Crippen MR) is 91.2 cm³/mol. The van der Waals surface area contributed by atoms with E-state index in [4.69, 9.17) is 14.6 Å². The fourth-order valence-corrected chi connectivity index (χ4v) is 3.87. The average molecular weight is 374 g/mol. The van der Waals surface area contributed by atoms with Gasteiger partial charge in [0.15, 0.2) is 6.29 Å². The van der Waals surface area contributed by atoms with Crippen LogP contribution in [0.3, 0.4) is 0 Å². The van der Waals surface area contributed by atoms with Crippen LogP contribution in [0.1, 0.15) is 39.0 Å². The normalized spacial score (nSPS) is 41.0. The molecule has 2 fully saturated rings. The second-order valence-corrected chi connectivity index (χ2v) is 7.09. The molecular formula is C18H30O8. The van der Waals surface area contributed by atoms with Gasteiger partial charge in [-0.3, -0.25) is 4.79 Å². The summed E-state index contributed by atoms with van der Waals surface area (Å²) in [5, 5.41) is 48.3. The van der Waals surface area contributed by atoms with Crippen molar-refractivity contribution >= 4 is 5.97 Å². The SMILES string of the molecule is CC/C=C\C[C@@H]1[C@H](CC(=O)O)CC[C@H]1O[C@H]1O[C@@H](CO)[C@H](O)[C@@H](O)[C@@H]1O. The van der Waals surface area contributed by atoms with Crippen LogP contribution in [0, 0.1) is 11.8 Å². The quantitative estimate of drug-likeness (QED) is 0.375. The van der Waals surface area contributed by atoms with E-state index in [-0.39, 0.29) is 24.4 Å². The minimum atomic E-state index is -1.49. The van der Waals surface area contributed by atoms with E-state index in [1.54, 1.807) is 0 Å². The third-order valence-corrected chi connectivity index (χ3v) is 5.31. The van der Waals surface area contributed by atoms with Gasteiger partial charge in [0.2, 0.25) is 0 Å². The number of carboxylic acids is 1. The molecule has 1 aliphatic heterocycles. The molecule has 1 aliphatic carbocycles. The maximum absolute atomic E-state index is 11.1. The highest BCUT2D eigenvalue weighted by molar-refractivity contribution is 5.67. The smallest absolute Gasteiger partial charge is 0.303 e. The van der Waals surface area contributed by atoms with E-state index in [9.17, 15) is 25.2 Å². The van der Waals surface area contributed by atoms with Crippen LogP contribution in [0.15, 0.2) is 12.2 Å². The van der Waals surface area contributed by atoms with Crippen molar-refractivity contribution in [3.63, 3.8) is 0 Å². The molecular weight excluding hydrogens is 344 g/mol. The van der Waals surface area contributed by atoms with E-state index in [0.717, 1.165) is 6.42 Å². The lowest BCUT2D eigenvalue weighted by molar-refractivity contribution is -0.313. The molecule has 8 atom stereocenters. The van der Waals surface area contributed by atoms with Gasteiger partial charge >= 0.3 is 5.97 Å². The summed E-state index contributed by atoms with van der Waals surface area (Å²) in [5.74, 6) is -0.932. The number of hydrogen-bond donors (Lipinski definition) is 5. The van der Waals surface area contributed by atoms with Crippen molar-refractivity contribution in [1.82, 2.24) is 0 Å². The Morgan fingerprint density at radius 2 is 1.88 bits per heavy atom. The van der Waals surface area contributed by atoms with Gasteiger partial charge in [-0.25, -0.2) is 0 Å². The van der Waals surface area contributed by atoms with E-state index < -0.39 is 43.3 Å². The first kappa shape index (κ1) is 21.3. The van der Waals surface area contributed by atoms with E-state index in [1.807, 2.05) is 19.1 Å². The topological polar surface area (TPSA) is 137 Å². The lowest BCUT2D eigenvalue weighted by Gasteiger charge is -2.41. The summed E-state index contributed by atoms with van der Waals surface area (Å²) in [7, 11) is 0. The first-order valence-electron chi connectivity index (χ1n) is 9.21. The van der Waals surface area contributed by atoms with Gasteiger partial charge in [0.1, 0.15) is 24.4 Å². The molecule has 5 N–H and O–H groups in total. The molecule has 1 heterocycles. The zero-order chi connectivity index (χ0) is 19.3. The highest BCUT2D eigenvalue weighted by atomic mass is 16.7. The summed E-state index contributed by atoms with van der Waals surface area (Å²) in [5.41, 5.74) is 0. The standard InChI is InChI=1S/C18H30O8/c1-2-3-4-5-11-10(8-14(20)21)6-7-12(11)25-18-17(24)16(23)15(22)13(9-19)26-18/h3-4,10-13,15-19,22-24H,2,5-9H2,1H3,(H,20,21)/b4-3-/t10-,11+,12+,13-,15-,16+,17-,18-/m0/s1. The third kappa shape index (κ3) is 5.03. The monoisotopic (exact) mass is 374 g/mol. The first-order valence-corrected chi connectivity index (χ1v) is 9.21. The van der Waals surface area contributed by atoms with Gasteiger partial charge in [0, 0.05) is 6.42 Å². The van der Waals surface area contributed by atoms with Crippen LogP contribution in [0.5, 0.6) is 0 Å². The van der Waals surface area contributed by atoms with Crippen LogP contribution < -0.4 is 0 Å². The molecule has 2 aliphatic rings. The number of allylic oxidation sites excluding steroid dienone is 2. The summed E-state index contributed by atoms with van der Waals surface area (Å²) < 4.78 is 11.3. The van der Waals surface area contributed by atoms with E-state index in [2.05, 4.69) is 0 Å². The van der Waals surface area contributed by atoms with Crippen LogP contribution in [0.2, 0.25) is 0 Å². The molecule has 8 heteroatoms. The molecule has 0 aromatic rings. The van der Waals surface area contributed by atoms with Crippen molar-refractivity contribution in [2.75, 3.05) is 6.61 Å². The number of hydrogen-bond acceptors (Lipinski definition) is 7. The number of carbonyl (C=O) groups is 1. The molecule has 0 amide bonds. The number of carboxylic acid groups (broad SMARTS) is 1. The molecule has 26 heavy (non-hydrogen) atoms. The Morgan fingerprint density at radius 3 is 2.50 bits per heavy atom. The van der Waals surface area contributed by atoms with Crippen LogP contribution in [0.25, 0.3) is 0 Å². The number of aliphatic carboxylic acids is 1. The molecule has 0 aromatic heterocycles. The van der Waals surface area contributed by atoms with Crippen molar-refractivity contribution < 1.29 is 39.8 Å². The Morgan fingerprint density at radius 1 is 1.15 bits per heavy atom. The molecule has 0 aromatic carbocycles. The highest BCUT2D eigenvalue weighted by Crippen LogP contribution is 2.40. The minimum Gasteiger partial charge on any atom is -0.481 e. The first-order chi connectivity index (χ1) is 12.4. The van der Waals surface area contributed by atoms with Crippen LogP contribution in [0.4, 0.5) is 0 Å². The van der Waals surface area contributed by atoms with Crippen molar-refractivity contribution in [1.29, 1.82) is 0 Å². The summed E-state index contributed by atoms with van der Waals surface area (Å²) >= 11 is 0. The fraction of sp³-hybridized carbons (Fsp3) is 0.833. The van der Waals surface area contributed by atoms with Crippen molar-refractivity contribution in [3.05, 3.63) is 12.2 Å². The molecule has 0 unspecified atom stereocenters. The Kier molecular flexibility index (Phi) is 8.00. The molecule has 1 saturated carbocycles. The fourth-order valence-electron chi connectivity index (χ4n) is 3.87. The summed E-state index contributed by atoms with van der Waals surface area (Å²) in [4.78, 5) is 11.1. The summed E-state index contributed by atoms with van der Waals surface area (Å²) in [6.07, 6.45) is 0.0423. The second-order valence-electron chi connectivity index (χ2n) is 7.09. The Labute approximate surface area is 153 Å². The highest BCUT2D eigenvalue weighted by Gasteiger charge is 2.47. The minimum absolute atomic E-state index is 0.0381. The predicted octanol–water partition coefficient (Wildman–Crippen LogP) is 0.0287. The van der Waals surface area contributed by atoms with Gasteiger partial charge < -0.3 is 35.0 Å². The Balaban J connectivity index is 2.07.